The molecule has 1 aromatic carbocycles. The summed E-state index contributed by atoms with van der Waals surface area (Å²) in [6.07, 6.45) is -4.85. The first-order valence-corrected chi connectivity index (χ1v) is 10.5. The first-order chi connectivity index (χ1) is 14.3. The Kier molecular flexibility index (Phi) is 5.95. The fourth-order valence-corrected chi connectivity index (χ4v) is 4.46. The topological polar surface area (TPSA) is 160 Å². The van der Waals surface area contributed by atoms with Crippen molar-refractivity contribution in [2.45, 2.75) is 35.4 Å². The highest BCUT2D eigenvalue weighted by Crippen LogP contribution is 2.36. The van der Waals surface area contributed by atoms with Crippen LogP contribution in [0.1, 0.15) is 11.8 Å². The van der Waals surface area contributed by atoms with E-state index in [1.807, 2.05) is 0 Å². The number of thioether (sulfide) groups is 1. The summed E-state index contributed by atoms with van der Waals surface area (Å²) in [4.78, 5) is 23.2. The molecule has 0 spiro atoms. The predicted octanol–water partition coefficient (Wildman–Crippen LogP) is 0.912. The second-order valence-corrected chi connectivity index (χ2v) is 8.41. The lowest BCUT2D eigenvalue weighted by Gasteiger charge is -2.19. The highest BCUT2D eigenvalue weighted by atomic mass is 35.5. The van der Waals surface area contributed by atoms with E-state index in [1.54, 1.807) is 18.2 Å². The maximum atomic E-state index is 12.3. The number of anilines is 1. The van der Waals surface area contributed by atoms with E-state index in [4.69, 9.17) is 33.7 Å². The number of benzene rings is 1. The summed E-state index contributed by atoms with van der Waals surface area (Å²) in [6.45, 7) is -0.497. The maximum absolute atomic E-state index is 12.3. The minimum absolute atomic E-state index is 0.00132. The van der Waals surface area contributed by atoms with Gasteiger partial charge in [0.05, 0.1) is 16.7 Å². The van der Waals surface area contributed by atoms with Crippen molar-refractivity contribution in [2.24, 2.45) is 0 Å². The van der Waals surface area contributed by atoms with Crippen molar-refractivity contribution < 1.29 is 20.1 Å². The SMILES string of the molecule is Nc1nc2c(nc(SCc3ccc(Cl)c(Cl)c3)n2C2OC(CO)C(O)C2O)c(=O)[nH]1. The number of halogens is 2. The predicted molar refractivity (Wildman–Crippen MR) is 112 cm³/mol. The molecule has 0 bridgehead atoms. The van der Waals surface area contributed by atoms with Gasteiger partial charge in [-0.15, -0.1) is 0 Å². The molecule has 10 nitrogen and oxygen atoms in total. The molecule has 6 N–H and O–H groups in total. The average molecular weight is 474 g/mol. The third kappa shape index (κ3) is 3.78. The third-order valence-corrected chi connectivity index (χ3v) is 6.42. The summed E-state index contributed by atoms with van der Waals surface area (Å²) in [5.41, 5.74) is 6.05. The number of aliphatic hydroxyl groups excluding tert-OH is 3. The van der Waals surface area contributed by atoms with Crippen LogP contribution in [0.2, 0.25) is 10.0 Å². The summed E-state index contributed by atoms with van der Waals surface area (Å²) < 4.78 is 7.02. The number of hydrogen-bond acceptors (Lipinski definition) is 9. The van der Waals surface area contributed by atoms with Crippen LogP contribution < -0.4 is 11.3 Å². The Hall–Kier alpha value is -1.86. The number of nitrogens with zero attached hydrogens (tertiary/aromatic N) is 3. The minimum Gasteiger partial charge on any atom is -0.394 e. The van der Waals surface area contributed by atoms with Crippen molar-refractivity contribution in [3.05, 3.63) is 44.2 Å². The fourth-order valence-electron chi connectivity index (χ4n) is 3.18. The fraction of sp³-hybridized carbons (Fsp3) is 0.353. The zero-order chi connectivity index (χ0) is 21.6. The average Bonchev–Trinajstić information content (AvgIpc) is 3.20. The summed E-state index contributed by atoms with van der Waals surface area (Å²) in [5, 5.41) is 31.2. The quantitative estimate of drug-likeness (QED) is 0.339. The Morgan fingerprint density at radius 2 is 2.00 bits per heavy atom. The van der Waals surface area contributed by atoms with Crippen LogP contribution in [-0.4, -0.2) is 59.8 Å². The Labute approximate surface area is 183 Å². The van der Waals surface area contributed by atoms with E-state index < -0.39 is 36.7 Å². The molecular weight excluding hydrogens is 457 g/mol. The number of nitrogens with one attached hydrogen (secondary N) is 1. The van der Waals surface area contributed by atoms with Gasteiger partial charge in [-0.25, -0.2) is 4.98 Å². The van der Waals surface area contributed by atoms with Gasteiger partial charge in [0.15, 0.2) is 22.5 Å². The highest BCUT2D eigenvalue weighted by Gasteiger charge is 2.45. The van der Waals surface area contributed by atoms with Crippen LogP contribution >= 0.6 is 35.0 Å². The van der Waals surface area contributed by atoms with Crippen LogP contribution in [0.4, 0.5) is 5.95 Å². The van der Waals surface area contributed by atoms with Crippen molar-refractivity contribution in [1.29, 1.82) is 0 Å². The van der Waals surface area contributed by atoms with Gasteiger partial charge in [-0.2, -0.15) is 4.98 Å². The molecule has 3 aromatic rings. The van der Waals surface area contributed by atoms with Gasteiger partial charge in [-0.3, -0.25) is 14.3 Å². The van der Waals surface area contributed by atoms with Crippen molar-refractivity contribution in [3.8, 4) is 0 Å². The van der Waals surface area contributed by atoms with Gasteiger partial charge < -0.3 is 25.8 Å². The zero-order valence-electron chi connectivity index (χ0n) is 15.2. The van der Waals surface area contributed by atoms with Crippen molar-refractivity contribution >= 4 is 52.1 Å². The van der Waals surface area contributed by atoms with Gasteiger partial charge in [0.2, 0.25) is 5.95 Å². The van der Waals surface area contributed by atoms with Crippen molar-refractivity contribution in [3.63, 3.8) is 0 Å². The Morgan fingerprint density at radius 3 is 2.67 bits per heavy atom. The van der Waals surface area contributed by atoms with E-state index in [2.05, 4.69) is 15.0 Å². The zero-order valence-corrected chi connectivity index (χ0v) is 17.5. The van der Waals surface area contributed by atoms with Gasteiger partial charge >= 0.3 is 0 Å². The van der Waals surface area contributed by atoms with E-state index in [-0.39, 0.29) is 17.1 Å². The van der Waals surface area contributed by atoms with E-state index in [9.17, 15) is 20.1 Å². The molecule has 1 fully saturated rings. The van der Waals surface area contributed by atoms with Crippen LogP contribution in [0.5, 0.6) is 0 Å². The van der Waals surface area contributed by atoms with Gasteiger partial charge in [-0.1, -0.05) is 41.0 Å². The van der Waals surface area contributed by atoms with Crippen molar-refractivity contribution in [1.82, 2.24) is 19.5 Å². The lowest BCUT2D eigenvalue weighted by atomic mass is 10.1. The number of aliphatic hydroxyl groups is 3. The second kappa shape index (κ2) is 8.35. The van der Waals surface area contributed by atoms with Crippen LogP contribution in [0.25, 0.3) is 11.2 Å². The smallest absolute Gasteiger partial charge is 0.280 e. The van der Waals surface area contributed by atoms with Crippen LogP contribution in [0.3, 0.4) is 0 Å². The van der Waals surface area contributed by atoms with Crippen LogP contribution in [0.15, 0.2) is 28.2 Å². The molecular formula is C17H17Cl2N5O5S. The van der Waals surface area contributed by atoms with E-state index in [0.717, 1.165) is 5.56 Å². The summed E-state index contributed by atoms with van der Waals surface area (Å²) in [6, 6.07) is 5.17. The van der Waals surface area contributed by atoms with E-state index in [0.29, 0.717) is 21.0 Å². The van der Waals surface area contributed by atoms with Gasteiger partial charge in [0.25, 0.3) is 5.56 Å². The Morgan fingerprint density at radius 1 is 1.23 bits per heavy atom. The summed E-state index contributed by atoms with van der Waals surface area (Å²) in [5.74, 6) is 0.268. The lowest BCUT2D eigenvalue weighted by molar-refractivity contribution is -0.0548. The second-order valence-electron chi connectivity index (χ2n) is 6.65. The molecule has 30 heavy (non-hydrogen) atoms. The number of aromatic nitrogens is 4. The van der Waals surface area contributed by atoms with Gasteiger partial charge in [-0.05, 0) is 17.7 Å². The molecule has 13 heteroatoms. The molecule has 4 unspecified atom stereocenters. The maximum Gasteiger partial charge on any atom is 0.280 e. The molecule has 0 aliphatic carbocycles. The van der Waals surface area contributed by atoms with E-state index in [1.165, 1.54) is 16.3 Å². The molecule has 1 aliphatic rings. The number of aromatic amines is 1. The number of imidazole rings is 1. The normalized spacial score (nSPS) is 24.0. The van der Waals surface area contributed by atoms with Gasteiger partial charge in [0, 0.05) is 5.75 Å². The molecule has 1 saturated heterocycles. The number of H-pyrrole nitrogens is 1. The molecule has 0 amide bonds. The first-order valence-electron chi connectivity index (χ1n) is 8.77. The number of rotatable bonds is 5. The standard InChI is InChI=1S/C17H17Cl2N5O5S/c18-7-2-1-6(3-8(7)19)5-30-17-21-10-13(22-16(20)23-14(10)28)24(17)15-12(27)11(26)9(4-25)29-15/h1-3,9,11-12,15,25-27H,4-5H2,(H3,20,22,23,28). The number of ether oxygens (including phenoxy) is 1. The molecule has 2 aromatic heterocycles. The molecule has 0 radical (unpaired) electrons. The molecule has 4 rings (SSSR count). The van der Waals surface area contributed by atoms with Crippen LogP contribution in [0, 0.1) is 0 Å². The molecule has 0 saturated carbocycles. The molecule has 1 aliphatic heterocycles. The highest BCUT2D eigenvalue weighted by molar-refractivity contribution is 7.98. The first kappa shape index (κ1) is 21.4. The summed E-state index contributed by atoms with van der Waals surface area (Å²) in [7, 11) is 0. The number of nitrogens with two attached hydrogens (primary N) is 1. The Bertz CT molecular complexity index is 1160. The molecule has 4 atom stereocenters. The number of fused-ring (bicyclic) bond motifs is 1. The summed E-state index contributed by atoms with van der Waals surface area (Å²) >= 11 is 13.2. The Balaban J connectivity index is 1.77. The van der Waals surface area contributed by atoms with Crippen LogP contribution in [-0.2, 0) is 10.5 Å². The van der Waals surface area contributed by atoms with Crippen molar-refractivity contribution in [2.75, 3.05) is 12.3 Å². The molecule has 3 heterocycles. The van der Waals surface area contributed by atoms with Gasteiger partial charge in [0.1, 0.15) is 18.3 Å². The molecule has 160 valence electrons. The number of hydrogen-bond donors (Lipinski definition) is 5. The monoisotopic (exact) mass is 473 g/mol. The lowest BCUT2D eigenvalue weighted by Crippen LogP contribution is -2.33. The minimum atomic E-state index is -1.38. The van der Waals surface area contributed by atoms with E-state index >= 15 is 0 Å². The largest absolute Gasteiger partial charge is 0.394 e. The third-order valence-electron chi connectivity index (χ3n) is 4.66. The number of nitrogen functional groups attached to an aromatic ring is 1.